The number of rotatable bonds is 12. The Morgan fingerprint density at radius 3 is 2.50 bits per heavy atom. The van der Waals surface area contributed by atoms with E-state index in [4.69, 9.17) is 9.47 Å². The van der Waals surface area contributed by atoms with Gasteiger partial charge in [-0.25, -0.2) is 0 Å². The van der Waals surface area contributed by atoms with Crippen LogP contribution in [-0.4, -0.2) is 23.2 Å². The van der Waals surface area contributed by atoms with Crippen LogP contribution in [0.2, 0.25) is 0 Å². The van der Waals surface area contributed by atoms with Gasteiger partial charge in [0.15, 0.2) is 5.75 Å². The van der Waals surface area contributed by atoms with Gasteiger partial charge in [-0.15, -0.1) is 0 Å². The topological polar surface area (TPSA) is 44.2 Å². The minimum Gasteiger partial charge on any atom is -0.490 e. The van der Waals surface area contributed by atoms with Crippen LogP contribution < -0.4 is 9.47 Å². The van der Waals surface area contributed by atoms with Crippen molar-refractivity contribution in [3.63, 3.8) is 0 Å². The Kier molecular flexibility index (Phi) is 8.94. The Balaban J connectivity index is 1.93. The van der Waals surface area contributed by atoms with Gasteiger partial charge < -0.3 is 9.47 Å². The lowest BCUT2D eigenvalue weighted by molar-refractivity contribution is 0.275. The first-order valence-corrected chi connectivity index (χ1v) is 9.92. The monoisotopic (exact) mass is 356 g/mol. The van der Waals surface area contributed by atoms with Crippen molar-refractivity contribution in [2.75, 3.05) is 13.2 Å². The quantitative estimate of drug-likeness (QED) is 0.443. The van der Waals surface area contributed by atoms with Crippen molar-refractivity contribution in [1.82, 2.24) is 9.97 Å². The fraction of sp³-hybridized carbons (Fsp3) is 0.545. The second-order valence-electron chi connectivity index (χ2n) is 6.79. The van der Waals surface area contributed by atoms with Crippen molar-refractivity contribution < 1.29 is 9.47 Å². The molecular weight excluding hydrogens is 324 g/mol. The van der Waals surface area contributed by atoms with Gasteiger partial charge in [0.2, 0.25) is 0 Å². The minimum absolute atomic E-state index is 0.426. The van der Waals surface area contributed by atoms with Gasteiger partial charge in [-0.05, 0) is 18.8 Å². The van der Waals surface area contributed by atoms with Crippen molar-refractivity contribution in [3.8, 4) is 23.0 Å². The lowest BCUT2D eigenvalue weighted by atomic mass is 10.0. The van der Waals surface area contributed by atoms with E-state index >= 15 is 0 Å². The van der Waals surface area contributed by atoms with Gasteiger partial charge in [0.05, 0.1) is 19.4 Å². The summed E-state index contributed by atoms with van der Waals surface area (Å²) in [6.45, 7) is 7.96. The second kappa shape index (κ2) is 11.5. The van der Waals surface area contributed by atoms with E-state index in [0.29, 0.717) is 25.0 Å². The van der Waals surface area contributed by atoms with Gasteiger partial charge in [0, 0.05) is 5.56 Å². The third kappa shape index (κ3) is 6.66. The van der Waals surface area contributed by atoms with Crippen LogP contribution >= 0.6 is 0 Å². The highest BCUT2D eigenvalue weighted by atomic mass is 16.5. The molecule has 0 saturated carbocycles. The number of aromatic nitrogens is 2. The molecule has 1 heterocycles. The lowest BCUT2D eigenvalue weighted by Gasteiger charge is -2.12. The Bertz CT molecular complexity index is 631. The Morgan fingerprint density at radius 1 is 0.962 bits per heavy atom. The first-order chi connectivity index (χ1) is 12.7. The van der Waals surface area contributed by atoms with E-state index in [2.05, 4.69) is 30.7 Å². The highest BCUT2D eigenvalue weighted by Gasteiger charge is 2.11. The van der Waals surface area contributed by atoms with Gasteiger partial charge in [-0.2, -0.15) is 9.97 Å². The average Bonchev–Trinajstić information content (AvgIpc) is 2.69. The maximum absolute atomic E-state index is 5.81. The molecule has 1 atom stereocenters. The first-order valence-electron chi connectivity index (χ1n) is 9.92. The standard InChI is InChI=1S/C22H32N2O2/c1-4-15-25-20-17-23-22(24-21(20)19-13-9-6-10-14-19)26-16-11-7-8-12-18(3)5-2/h6,9-10,13-14,17-18H,4-5,7-8,11-12,15-16H2,1-3H3. The number of nitrogens with zero attached hydrogens (tertiary/aromatic N) is 2. The van der Waals surface area contributed by atoms with Crippen LogP contribution in [0.15, 0.2) is 36.5 Å². The zero-order valence-electron chi connectivity index (χ0n) is 16.4. The summed E-state index contributed by atoms with van der Waals surface area (Å²) in [5.41, 5.74) is 1.81. The van der Waals surface area contributed by atoms with Crippen molar-refractivity contribution >= 4 is 0 Å². The molecule has 0 saturated heterocycles. The molecule has 2 aromatic rings. The molecule has 0 N–H and O–H groups in total. The van der Waals surface area contributed by atoms with Crippen molar-refractivity contribution in [2.24, 2.45) is 5.92 Å². The molecule has 26 heavy (non-hydrogen) atoms. The van der Waals surface area contributed by atoms with Gasteiger partial charge in [0.1, 0.15) is 5.69 Å². The molecule has 0 aliphatic heterocycles. The van der Waals surface area contributed by atoms with Crippen molar-refractivity contribution in [3.05, 3.63) is 36.5 Å². The molecule has 0 bridgehead atoms. The molecule has 0 amide bonds. The summed E-state index contributed by atoms with van der Waals surface area (Å²) in [6.07, 6.45) is 8.72. The summed E-state index contributed by atoms with van der Waals surface area (Å²) in [5, 5.41) is 0. The summed E-state index contributed by atoms with van der Waals surface area (Å²) in [6, 6.07) is 10.5. The number of hydrogen-bond acceptors (Lipinski definition) is 4. The smallest absolute Gasteiger partial charge is 0.317 e. The van der Waals surface area contributed by atoms with E-state index in [1.165, 1.54) is 25.7 Å². The van der Waals surface area contributed by atoms with Crippen LogP contribution in [0.1, 0.15) is 59.3 Å². The third-order valence-corrected chi connectivity index (χ3v) is 4.51. The highest BCUT2D eigenvalue weighted by Crippen LogP contribution is 2.29. The van der Waals surface area contributed by atoms with Crippen molar-refractivity contribution in [2.45, 2.75) is 59.3 Å². The summed E-state index contributed by atoms with van der Waals surface area (Å²) in [5.74, 6) is 1.53. The van der Waals surface area contributed by atoms with Crippen molar-refractivity contribution in [1.29, 1.82) is 0 Å². The van der Waals surface area contributed by atoms with Crippen LogP contribution in [0, 0.1) is 5.92 Å². The first kappa shape index (κ1) is 20.2. The van der Waals surface area contributed by atoms with Crippen LogP contribution in [0.4, 0.5) is 0 Å². The van der Waals surface area contributed by atoms with E-state index in [1.54, 1.807) is 6.20 Å². The SMILES string of the molecule is CCCOc1cnc(OCCCCCC(C)CC)nc1-c1ccccc1. The second-order valence-corrected chi connectivity index (χ2v) is 6.79. The average molecular weight is 357 g/mol. The molecule has 0 fully saturated rings. The zero-order chi connectivity index (χ0) is 18.6. The largest absolute Gasteiger partial charge is 0.490 e. The summed E-state index contributed by atoms with van der Waals surface area (Å²) in [4.78, 5) is 8.92. The molecule has 1 unspecified atom stereocenters. The van der Waals surface area contributed by atoms with E-state index in [9.17, 15) is 0 Å². The van der Waals surface area contributed by atoms with Crippen LogP contribution in [0.3, 0.4) is 0 Å². The minimum atomic E-state index is 0.426. The van der Waals surface area contributed by atoms with Crippen LogP contribution in [0.5, 0.6) is 11.8 Å². The molecule has 4 heteroatoms. The highest BCUT2D eigenvalue weighted by molar-refractivity contribution is 5.65. The fourth-order valence-electron chi connectivity index (χ4n) is 2.68. The van der Waals surface area contributed by atoms with E-state index in [1.807, 2.05) is 30.3 Å². The normalized spacial score (nSPS) is 12.0. The molecule has 1 aromatic heterocycles. The zero-order valence-corrected chi connectivity index (χ0v) is 16.4. The maximum atomic E-state index is 5.81. The fourth-order valence-corrected chi connectivity index (χ4v) is 2.68. The Labute approximate surface area is 158 Å². The molecular formula is C22H32N2O2. The summed E-state index contributed by atoms with van der Waals surface area (Å²) >= 11 is 0. The Hall–Kier alpha value is -2.10. The molecule has 0 aliphatic carbocycles. The third-order valence-electron chi connectivity index (χ3n) is 4.51. The van der Waals surface area contributed by atoms with Gasteiger partial charge in [0.25, 0.3) is 0 Å². The summed E-state index contributed by atoms with van der Waals surface area (Å²) in [7, 11) is 0. The molecule has 0 aliphatic rings. The van der Waals surface area contributed by atoms with E-state index < -0.39 is 0 Å². The predicted octanol–water partition coefficient (Wildman–Crippen LogP) is 5.92. The van der Waals surface area contributed by atoms with E-state index in [0.717, 1.165) is 30.0 Å². The predicted molar refractivity (Wildman–Crippen MR) is 107 cm³/mol. The Morgan fingerprint density at radius 2 is 1.77 bits per heavy atom. The maximum Gasteiger partial charge on any atom is 0.317 e. The molecule has 0 radical (unpaired) electrons. The van der Waals surface area contributed by atoms with E-state index in [-0.39, 0.29) is 0 Å². The van der Waals surface area contributed by atoms with Gasteiger partial charge in [-0.1, -0.05) is 76.8 Å². The molecule has 4 nitrogen and oxygen atoms in total. The number of ether oxygens (including phenoxy) is 2. The number of benzene rings is 1. The van der Waals surface area contributed by atoms with Crippen LogP contribution in [-0.2, 0) is 0 Å². The lowest BCUT2D eigenvalue weighted by Crippen LogP contribution is -2.05. The summed E-state index contributed by atoms with van der Waals surface area (Å²) < 4.78 is 11.6. The molecule has 1 aromatic carbocycles. The molecule has 2 rings (SSSR count). The number of hydrogen-bond donors (Lipinski definition) is 0. The number of unbranched alkanes of at least 4 members (excludes halogenated alkanes) is 2. The van der Waals surface area contributed by atoms with Gasteiger partial charge in [-0.3, -0.25) is 0 Å². The van der Waals surface area contributed by atoms with Crippen LogP contribution in [0.25, 0.3) is 11.3 Å². The molecule has 0 spiro atoms. The van der Waals surface area contributed by atoms with Gasteiger partial charge >= 0.3 is 6.01 Å². The molecule has 142 valence electrons.